The fourth-order valence-corrected chi connectivity index (χ4v) is 4.33. The largest absolute Gasteiger partial charge is 0.497 e. The first-order valence-electron chi connectivity index (χ1n) is 9.93. The number of fused-ring (bicyclic) bond motifs is 1. The van der Waals surface area contributed by atoms with Gasteiger partial charge in [0.05, 0.1) is 7.11 Å². The molecule has 0 aliphatic heterocycles. The highest BCUT2D eigenvalue weighted by Crippen LogP contribution is 2.24. The Labute approximate surface area is 196 Å². The third-order valence-corrected chi connectivity index (χ3v) is 6.22. The number of nitrogens with zero attached hydrogens (tertiary/aromatic N) is 3. The molecule has 5 rings (SSSR count). The molecule has 0 bridgehead atoms. The number of rotatable bonds is 5. The van der Waals surface area contributed by atoms with Gasteiger partial charge in [0.15, 0.2) is 0 Å². The average Bonchev–Trinajstić information content (AvgIpc) is 3.40. The van der Waals surface area contributed by atoms with Crippen molar-refractivity contribution in [3.05, 3.63) is 108 Å². The van der Waals surface area contributed by atoms with Crippen LogP contribution >= 0.6 is 22.9 Å². The highest BCUT2D eigenvalue weighted by atomic mass is 35.5. The number of aromatic nitrogens is 3. The van der Waals surface area contributed by atoms with E-state index >= 15 is 0 Å². The first-order chi connectivity index (χ1) is 16.0. The van der Waals surface area contributed by atoms with Crippen molar-refractivity contribution in [3.63, 3.8) is 0 Å². The molecule has 0 spiro atoms. The Balaban J connectivity index is 1.49. The molecule has 0 aliphatic rings. The number of hydrogen-bond donors (Lipinski definition) is 0. The van der Waals surface area contributed by atoms with Crippen LogP contribution in [0.5, 0.6) is 5.75 Å². The molecule has 0 unspecified atom stereocenters. The van der Waals surface area contributed by atoms with Gasteiger partial charge in [-0.15, -0.1) is 0 Å². The van der Waals surface area contributed by atoms with E-state index in [0.717, 1.165) is 22.5 Å². The first-order valence-corrected chi connectivity index (χ1v) is 11.1. The van der Waals surface area contributed by atoms with Gasteiger partial charge in [-0.05, 0) is 54.1 Å². The average molecular weight is 478 g/mol. The molecule has 0 saturated carbocycles. The predicted octanol–water partition coefficient (Wildman–Crippen LogP) is 3.57. The van der Waals surface area contributed by atoms with Crippen LogP contribution in [0.3, 0.4) is 0 Å². The summed E-state index contributed by atoms with van der Waals surface area (Å²) in [7, 11) is 1.59. The molecule has 164 valence electrons. The van der Waals surface area contributed by atoms with E-state index in [1.165, 1.54) is 4.52 Å². The minimum atomic E-state index is -0.457. The highest BCUT2D eigenvalue weighted by molar-refractivity contribution is 7.15. The van der Waals surface area contributed by atoms with Gasteiger partial charge >= 0.3 is 0 Å². The molecule has 5 aromatic rings. The second kappa shape index (κ2) is 8.65. The summed E-state index contributed by atoms with van der Waals surface area (Å²) in [4.78, 5) is 29.7. The second-order valence-electron chi connectivity index (χ2n) is 7.21. The molecule has 0 N–H and O–H groups in total. The van der Waals surface area contributed by atoms with Crippen LogP contribution in [-0.4, -0.2) is 21.7 Å². The summed E-state index contributed by atoms with van der Waals surface area (Å²) in [6.45, 7) is 0. The summed E-state index contributed by atoms with van der Waals surface area (Å²) in [5.74, 6) is 1.87. The summed E-state index contributed by atoms with van der Waals surface area (Å²) < 4.78 is 12.5. The minimum absolute atomic E-state index is 0.196. The Morgan fingerprint density at radius 2 is 1.82 bits per heavy atom. The lowest BCUT2D eigenvalue weighted by Crippen LogP contribution is -2.28. The Morgan fingerprint density at radius 3 is 2.55 bits per heavy atom. The molecule has 33 heavy (non-hydrogen) atoms. The molecule has 3 heterocycles. The fourth-order valence-electron chi connectivity index (χ4n) is 3.32. The summed E-state index contributed by atoms with van der Waals surface area (Å²) in [6.07, 6.45) is 1.88. The monoisotopic (exact) mass is 477 g/mol. The molecular formula is C24H16ClN3O4S. The predicted molar refractivity (Wildman–Crippen MR) is 127 cm³/mol. The minimum Gasteiger partial charge on any atom is -0.497 e. The van der Waals surface area contributed by atoms with Gasteiger partial charge in [0.25, 0.3) is 11.1 Å². The maximum Gasteiger partial charge on any atom is 0.296 e. The number of halogens is 1. The van der Waals surface area contributed by atoms with Crippen LogP contribution in [0.4, 0.5) is 0 Å². The SMILES string of the molecule is COc1ccc(Cc2nn3c(=O)c(=Cc4ccc(-c5ccc(Cl)cc5)o4)sc3nc2=O)cc1. The lowest BCUT2D eigenvalue weighted by molar-refractivity contribution is 0.414. The summed E-state index contributed by atoms with van der Waals surface area (Å²) in [6, 6.07) is 18.1. The molecule has 0 saturated heterocycles. The van der Waals surface area contributed by atoms with Gasteiger partial charge in [0, 0.05) is 23.1 Å². The number of benzene rings is 2. The fraction of sp³-hybridized carbons (Fsp3) is 0.0833. The van der Waals surface area contributed by atoms with Crippen LogP contribution in [0.2, 0.25) is 5.02 Å². The van der Waals surface area contributed by atoms with E-state index in [-0.39, 0.29) is 22.6 Å². The van der Waals surface area contributed by atoms with E-state index in [0.29, 0.717) is 26.8 Å². The van der Waals surface area contributed by atoms with Crippen molar-refractivity contribution < 1.29 is 9.15 Å². The summed E-state index contributed by atoms with van der Waals surface area (Å²) >= 11 is 7.02. The van der Waals surface area contributed by atoms with Crippen molar-refractivity contribution in [2.45, 2.75) is 6.42 Å². The van der Waals surface area contributed by atoms with E-state index in [9.17, 15) is 9.59 Å². The summed E-state index contributed by atoms with van der Waals surface area (Å²) in [5.41, 5.74) is 1.11. The maximum absolute atomic E-state index is 12.9. The van der Waals surface area contributed by atoms with Crippen molar-refractivity contribution in [3.8, 4) is 17.1 Å². The first kappa shape index (κ1) is 21.1. The topological polar surface area (TPSA) is 86.7 Å². The number of ether oxygens (including phenoxy) is 1. The van der Waals surface area contributed by atoms with Crippen molar-refractivity contribution in [1.29, 1.82) is 0 Å². The molecule has 0 radical (unpaired) electrons. The van der Waals surface area contributed by atoms with Gasteiger partial charge in [0.2, 0.25) is 4.96 Å². The van der Waals surface area contributed by atoms with Crippen LogP contribution in [0.25, 0.3) is 22.4 Å². The summed E-state index contributed by atoms with van der Waals surface area (Å²) in [5, 5.41) is 4.92. The Bertz CT molecular complexity index is 1620. The van der Waals surface area contributed by atoms with Crippen molar-refractivity contribution >= 4 is 34.0 Å². The number of furan rings is 1. The molecule has 9 heteroatoms. The van der Waals surface area contributed by atoms with Crippen LogP contribution < -0.4 is 20.4 Å². The van der Waals surface area contributed by atoms with E-state index in [4.69, 9.17) is 20.8 Å². The van der Waals surface area contributed by atoms with E-state index in [2.05, 4.69) is 10.1 Å². The smallest absolute Gasteiger partial charge is 0.296 e. The zero-order valence-electron chi connectivity index (χ0n) is 17.3. The number of methoxy groups -OCH3 is 1. The van der Waals surface area contributed by atoms with Crippen LogP contribution in [0, 0.1) is 0 Å². The highest BCUT2D eigenvalue weighted by Gasteiger charge is 2.12. The zero-order valence-corrected chi connectivity index (χ0v) is 18.9. The molecular weight excluding hydrogens is 462 g/mol. The molecule has 0 fully saturated rings. The standard InChI is InChI=1S/C24H16ClN3O4S/c1-31-17-8-2-14(3-9-17)12-19-22(29)26-24-28(27-19)23(30)21(33-24)13-18-10-11-20(32-18)15-4-6-16(25)7-5-15/h2-11,13H,12H2,1H3. The molecule has 0 amide bonds. The van der Waals surface area contributed by atoms with Crippen molar-refractivity contribution in [2.75, 3.05) is 7.11 Å². The van der Waals surface area contributed by atoms with Gasteiger partial charge < -0.3 is 9.15 Å². The molecule has 2 aromatic carbocycles. The lowest BCUT2D eigenvalue weighted by Gasteiger charge is -2.02. The second-order valence-corrected chi connectivity index (χ2v) is 8.65. The van der Waals surface area contributed by atoms with Crippen molar-refractivity contribution in [2.24, 2.45) is 0 Å². The van der Waals surface area contributed by atoms with E-state index in [1.54, 1.807) is 43.5 Å². The molecule has 0 aliphatic carbocycles. The number of thiazole rings is 1. The van der Waals surface area contributed by atoms with Gasteiger partial charge in [-0.2, -0.15) is 14.6 Å². The normalized spacial score (nSPS) is 11.9. The molecule has 7 nitrogen and oxygen atoms in total. The van der Waals surface area contributed by atoms with E-state index < -0.39 is 5.56 Å². The Hall–Kier alpha value is -3.75. The maximum atomic E-state index is 12.9. The molecule has 0 atom stereocenters. The lowest BCUT2D eigenvalue weighted by atomic mass is 10.1. The quantitative estimate of drug-likeness (QED) is 0.384. The van der Waals surface area contributed by atoms with Gasteiger partial charge in [-0.25, -0.2) is 0 Å². The van der Waals surface area contributed by atoms with Gasteiger partial charge in [-0.1, -0.05) is 35.1 Å². The van der Waals surface area contributed by atoms with Crippen LogP contribution in [-0.2, 0) is 6.42 Å². The van der Waals surface area contributed by atoms with Crippen molar-refractivity contribution in [1.82, 2.24) is 14.6 Å². The third kappa shape index (κ3) is 4.30. The van der Waals surface area contributed by atoms with E-state index in [1.807, 2.05) is 30.3 Å². The van der Waals surface area contributed by atoms with Crippen LogP contribution in [0.15, 0.2) is 74.7 Å². The Morgan fingerprint density at radius 1 is 1.06 bits per heavy atom. The Kier molecular flexibility index (Phi) is 5.53. The van der Waals surface area contributed by atoms with Gasteiger partial charge in [0.1, 0.15) is 27.5 Å². The van der Waals surface area contributed by atoms with Crippen LogP contribution in [0.1, 0.15) is 17.0 Å². The van der Waals surface area contributed by atoms with Gasteiger partial charge in [-0.3, -0.25) is 9.59 Å². The number of hydrogen-bond acceptors (Lipinski definition) is 7. The third-order valence-electron chi connectivity index (χ3n) is 5.01. The zero-order chi connectivity index (χ0) is 22.9. The molecule has 3 aromatic heterocycles.